The van der Waals surface area contributed by atoms with Crippen molar-refractivity contribution in [1.29, 1.82) is 0 Å². The van der Waals surface area contributed by atoms with Crippen molar-refractivity contribution in [2.45, 2.75) is 0 Å². The molecule has 0 saturated carbocycles. The molecule has 0 aromatic heterocycles. The minimum absolute atomic E-state index is 0.0168. The Morgan fingerprint density at radius 2 is 1.79 bits per heavy atom. The molecule has 24 heavy (non-hydrogen) atoms. The zero-order valence-corrected chi connectivity index (χ0v) is 14.0. The average Bonchev–Trinajstić information content (AvgIpc) is 2.62. The van der Waals surface area contributed by atoms with Crippen LogP contribution in [0.5, 0.6) is 0 Å². The quantitative estimate of drug-likeness (QED) is 0.922. The van der Waals surface area contributed by atoms with Gasteiger partial charge in [0, 0.05) is 31.9 Å². The summed E-state index contributed by atoms with van der Waals surface area (Å²) in [5.74, 6) is -0.378. The summed E-state index contributed by atoms with van der Waals surface area (Å²) in [5.41, 5.74) is 1.75. The van der Waals surface area contributed by atoms with Crippen molar-refractivity contribution in [3.8, 4) is 0 Å². The van der Waals surface area contributed by atoms with E-state index in [9.17, 15) is 9.18 Å². The van der Waals surface area contributed by atoms with E-state index in [2.05, 4.69) is 22.3 Å². The molecule has 1 aliphatic rings. The van der Waals surface area contributed by atoms with Crippen LogP contribution in [0.4, 0.5) is 15.8 Å². The predicted molar refractivity (Wildman–Crippen MR) is 95.1 cm³/mol. The maximum Gasteiger partial charge on any atom is 0.241 e. The smallest absolute Gasteiger partial charge is 0.241 e. The van der Waals surface area contributed by atoms with Crippen molar-refractivity contribution >= 4 is 28.9 Å². The van der Waals surface area contributed by atoms with Crippen LogP contribution in [0.3, 0.4) is 0 Å². The van der Waals surface area contributed by atoms with Crippen molar-refractivity contribution < 1.29 is 9.18 Å². The molecule has 6 heteroatoms. The molecule has 3 rings (SSSR count). The Morgan fingerprint density at radius 3 is 2.46 bits per heavy atom. The molecule has 0 aliphatic carbocycles. The van der Waals surface area contributed by atoms with Gasteiger partial charge in [-0.1, -0.05) is 29.8 Å². The van der Waals surface area contributed by atoms with E-state index in [1.54, 1.807) is 0 Å². The van der Waals surface area contributed by atoms with Crippen molar-refractivity contribution in [3.63, 3.8) is 0 Å². The number of halogens is 2. The number of amides is 1. The van der Waals surface area contributed by atoms with E-state index in [1.165, 1.54) is 23.9 Å². The van der Waals surface area contributed by atoms with Crippen molar-refractivity contribution in [2.75, 3.05) is 42.9 Å². The predicted octanol–water partition coefficient (Wildman–Crippen LogP) is 3.24. The van der Waals surface area contributed by atoms with E-state index in [0.717, 1.165) is 13.1 Å². The number of benzene rings is 2. The SMILES string of the molecule is O=C(CNc1ccc(F)cc1Cl)N1CCN(c2ccccc2)CC1. The fraction of sp³-hybridized carbons (Fsp3) is 0.278. The standard InChI is InChI=1S/C18H19ClFN3O/c19-16-12-14(20)6-7-17(16)21-13-18(24)23-10-8-22(9-11-23)15-4-2-1-3-5-15/h1-7,12,21H,8-11,13H2. The highest BCUT2D eigenvalue weighted by Crippen LogP contribution is 2.22. The van der Waals surface area contributed by atoms with Gasteiger partial charge in [-0.3, -0.25) is 4.79 Å². The van der Waals surface area contributed by atoms with E-state index in [1.807, 2.05) is 23.1 Å². The second-order valence-corrected chi connectivity index (χ2v) is 6.09. The lowest BCUT2D eigenvalue weighted by molar-refractivity contribution is -0.129. The van der Waals surface area contributed by atoms with Crippen LogP contribution in [-0.2, 0) is 4.79 Å². The molecular formula is C18H19ClFN3O. The summed E-state index contributed by atoms with van der Waals surface area (Å²) < 4.78 is 13.0. The number of carbonyl (C=O) groups is 1. The second kappa shape index (κ2) is 7.53. The van der Waals surface area contributed by atoms with Gasteiger partial charge < -0.3 is 15.1 Å². The molecule has 0 unspecified atom stereocenters. The molecule has 1 aliphatic heterocycles. The van der Waals surface area contributed by atoms with Crippen molar-refractivity contribution in [3.05, 3.63) is 59.4 Å². The molecule has 0 bridgehead atoms. The fourth-order valence-corrected chi connectivity index (χ4v) is 3.00. The summed E-state index contributed by atoms with van der Waals surface area (Å²) in [7, 11) is 0. The molecule has 1 heterocycles. The first-order valence-electron chi connectivity index (χ1n) is 7.90. The van der Waals surface area contributed by atoms with Gasteiger partial charge in [0.15, 0.2) is 0 Å². The van der Waals surface area contributed by atoms with Crippen LogP contribution in [0.1, 0.15) is 0 Å². The lowest BCUT2D eigenvalue weighted by Gasteiger charge is -2.36. The van der Waals surface area contributed by atoms with E-state index in [0.29, 0.717) is 18.8 Å². The van der Waals surface area contributed by atoms with E-state index in [-0.39, 0.29) is 17.5 Å². The van der Waals surface area contributed by atoms with Crippen LogP contribution in [0.2, 0.25) is 5.02 Å². The zero-order chi connectivity index (χ0) is 16.9. The number of nitrogens with one attached hydrogen (secondary N) is 1. The van der Waals surface area contributed by atoms with Crippen LogP contribution in [0.25, 0.3) is 0 Å². The Balaban J connectivity index is 1.50. The van der Waals surface area contributed by atoms with Gasteiger partial charge in [-0.15, -0.1) is 0 Å². The second-order valence-electron chi connectivity index (χ2n) is 5.68. The Kier molecular flexibility index (Phi) is 5.20. The molecule has 2 aromatic rings. The first-order chi connectivity index (χ1) is 11.6. The molecule has 0 atom stereocenters. The summed E-state index contributed by atoms with van der Waals surface area (Å²) in [6.07, 6.45) is 0. The number of piperazine rings is 1. The summed E-state index contributed by atoms with van der Waals surface area (Å²) in [6.45, 7) is 3.15. The lowest BCUT2D eigenvalue weighted by Crippen LogP contribution is -2.50. The van der Waals surface area contributed by atoms with Gasteiger partial charge in [-0.2, -0.15) is 0 Å². The highest BCUT2D eigenvalue weighted by molar-refractivity contribution is 6.33. The Bertz CT molecular complexity index is 703. The number of para-hydroxylation sites is 1. The number of anilines is 2. The van der Waals surface area contributed by atoms with Crippen LogP contribution in [-0.4, -0.2) is 43.5 Å². The van der Waals surface area contributed by atoms with Gasteiger partial charge >= 0.3 is 0 Å². The first kappa shape index (κ1) is 16.6. The first-order valence-corrected chi connectivity index (χ1v) is 8.28. The Hall–Kier alpha value is -2.27. The monoisotopic (exact) mass is 347 g/mol. The largest absolute Gasteiger partial charge is 0.375 e. The maximum absolute atomic E-state index is 13.0. The zero-order valence-electron chi connectivity index (χ0n) is 13.2. The third kappa shape index (κ3) is 3.97. The molecule has 4 nitrogen and oxygen atoms in total. The molecule has 2 aromatic carbocycles. The van der Waals surface area contributed by atoms with Crippen LogP contribution < -0.4 is 10.2 Å². The van der Waals surface area contributed by atoms with Gasteiger partial charge in [0.2, 0.25) is 5.91 Å². The Morgan fingerprint density at radius 1 is 1.08 bits per heavy atom. The topological polar surface area (TPSA) is 35.6 Å². The summed E-state index contributed by atoms with van der Waals surface area (Å²) >= 11 is 5.95. The van der Waals surface area contributed by atoms with Crippen LogP contribution in [0.15, 0.2) is 48.5 Å². The van der Waals surface area contributed by atoms with Gasteiger partial charge in [0.25, 0.3) is 0 Å². The fourth-order valence-electron chi connectivity index (χ4n) is 2.77. The van der Waals surface area contributed by atoms with Gasteiger partial charge in [0.05, 0.1) is 17.3 Å². The highest BCUT2D eigenvalue weighted by Gasteiger charge is 2.21. The minimum Gasteiger partial charge on any atom is -0.375 e. The lowest BCUT2D eigenvalue weighted by atomic mass is 10.2. The third-order valence-electron chi connectivity index (χ3n) is 4.11. The molecular weight excluding hydrogens is 329 g/mol. The summed E-state index contributed by atoms with van der Waals surface area (Å²) in [6, 6.07) is 14.3. The van der Waals surface area contributed by atoms with Crippen LogP contribution >= 0.6 is 11.6 Å². The summed E-state index contributed by atoms with van der Waals surface area (Å²) in [5, 5.41) is 3.25. The molecule has 1 saturated heterocycles. The maximum atomic E-state index is 13.0. The van der Waals surface area contributed by atoms with Crippen molar-refractivity contribution in [1.82, 2.24) is 4.90 Å². The van der Waals surface area contributed by atoms with Gasteiger partial charge in [0.1, 0.15) is 5.82 Å². The molecule has 1 fully saturated rings. The van der Waals surface area contributed by atoms with E-state index < -0.39 is 5.82 Å². The number of hydrogen-bond acceptors (Lipinski definition) is 3. The van der Waals surface area contributed by atoms with Gasteiger partial charge in [-0.25, -0.2) is 4.39 Å². The average molecular weight is 348 g/mol. The normalized spacial score (nSPS) is 14.6. The molecule has 0 radical (unpaired) electrons. The minimum atomic E-state index is -0.395. The third-order valence-corrected chi connectivity index (χ3v) is 4.43. The number of hydrogen-bond donors (Lipinski definition) is 1. The molecule has 126 valence electrons. The number of carbonyl (C=O) groups excluding carboxylic acids is 1. The number of rotatable bonds is 4. The van der Waals surface area contributed by atoms with Crippen molar-refractivity contribution in [2.24, 2.45) is 0 Å². The Labute approximate surface area is 145 Å². The van der Waals surface area contributed by atoms with E-state index in [4.69, 9.17) is 11.6 Å². The molecule has 1 amide bonds. The van der Waals surface area contributed by atoms with Crippen LogP contribution in [0, 0.1) is 5.82 Å². The summed E-state index contributed by atoms with van der Waals surface area (Å²) in [4.78, 5) is 16.4. The molecule has 0 spiro atoms. The van der Waals surface area contributed by atoms with E-state index >= 15 is 0 Å². The molecule has 1 N–H and O–H groups in total. The highest BCUT2D eigenvalue weighted by atomic mass is 35.5. The van der Waals surface area contributed by atoms with Gasteiger partial charge in [-0.05, 0) is 30.3 Å². The number of nitrogens with zero attached hydrogens (tertiary/aromatic N) is 2.